The summed E-state index contributed by atoms with van der Waals surface area (Å²) in [5, 5.41) is 4.12. The second-order valence-electron chi connectivity index (χ2n) is 8.15. The second-order valence-corrected chi connectivity index (χ2v) is 8.15. The van der Waals surface area contributed by atoms with E-state index >= 15 is 0 Å². The molecule has 1 N–H and O–H groups in total. The fourth-order valence-electron chi connectivity index (χ4n) is 3.90. The molecule has 0 unspecified atom stereocenters. The zero-order chi connectivity index (χ0) is 24.3. The first-order valence-electron chi connectivity index (χ1n) is 11.4. The molecule has 4 heterocycles. The highest BCUT2D eigenvalue weighted by Crippen LogP contribution is 2.31. The van der Waals surface area contributed by atoms with Gasteiger partial charge in [0, 0.05) is 11.1 Å². The highest BCUT2D eigenvalue weighted by Gasteiger charge is 2.22. The largest absolute Gasteiger partial charge is 0.489 e. The maximum Gasteiger partial charge on any atom is 0.217 e. The Hall–Kier alpha value is -4.34. The first-order valence-corrected chi connectivity index (χ1v) is 11.4. The van der Waals surface area contributed by atoms with E-state index in [0.717, 1.165) is 16.6 Å². The van der Waals surface area contributed by atoms with Gasteiger partial charge in [-0.1, -0.05) is 12.1 Å². The van der Waals surface area contributed by atoms with Crippen molar-refractivity contribution in [2.75, 3.05) is 18.5 Å². The van der Waals surface area contributed by atoms with Gasteiger partial charge in [-0.05, 0) is 60.2 Å². The highest BCUT2D eigenvalue weighted by molar-refractivity contribution is 5.92. The van der Waals surface area contributed by atoms with Crippen molar-refractivity contribution in [3.05, 3.63) is 96.4 Å². The van der Waals surface area contributed by atoms with Gasteiger partial charge >= 0.3 is 0 Å². The molecular formula is C27H21FN4O4. The zero-order valence-corrected chi connectivity index (χ0v) is 19.1. The van der Waals surface area contributed by atoms with E-state index in [0.29, 0.717) is 47.5 Å². The molecule has 1 aliphatic rings. The van der Waals surface area contributed by atoms with E-state index in [1.54, 1.807) is 12.3 Å². The van der Waals surface area contributed by atoms with Crippen LogP contribution in [0.5, 0.6) is 5.75 Å². The van der Waals surface area contributed by atoms with Crippen LogP contribution in [-0.4, -0.2) is 28.2 Å². The molecular weight excluding hydrogens is 463 g/mol. The number of aromatic nitrogens is 3. The Bertz CT molecular complexity index is 1500. The van der Waals surface area contributed by atoms with Crippen molar-refractivity contribution in [1.82, 2.24) is 15.0 Å². The maximum atomic E-state index is 13.4. The van der Waals surface area contributed by atoms with Crippen molar-refractivity contribution in [2.45, 2.75) is 12.9 Å². The average Bonchev–Trinajstić information content (AvgIpc) is 3.61. The fraction of sp³-hybridized carbons (Fsp3) is 0.148. The minimum atomic E-state index is -0.486. The smallest absolute Gasteiger partial charge is 0.217 e. The van der Waals surface area contributed by atoms with Crippen LogP contribution in [0.3, 0.4) is 0 Å². The molecule has 0 radical (unpaired) electrons. The second kappa shape index (κ2) is 9.73. The lowest BCUT2D eigenvalue weighted by molar-refractivity contribution is -0.0585. The summed E-state index contributed by atoms with van der Waals surface area (Å²) in [7, 11) is 0. The normalized spacial score (nSPS) is 13.8. The van der Waals surface area contributed by atoms with Gasteiger partial charge in [0.05, 0.1) is 24.9 Å². The summed E-state index contributed by atoms with van der Waals surface area (Å²) < 4.78 is 36.1. The van der Waals surface area contributed by atoms with Crippen molar-refractivity contribution in [3.63, 3.8) is 0 Å². The van der Waals surface area contributed by atoms with Crippen molar-refractivity contribution in [2.24, 2.45) is 0 Å². The molecule has 0 amide bonds. The minimum Gasteiger partial charge on any atom is -0.489 e. The summed E-state index contributed by atoms with van der Waals surface area (Å²) in [5.74, 6) is 2.22. The summed E-state index contributed by atoms with van der Waals surface area (Å²) in [6, 6.07) is 19.4. The first kappa shape index (κ1) is 22.1. The van der Waals surface area contributed by atoms with E-state index in [1.165, 1.54) is 18.5 Å². The van der Waals surface area contributed by atoms with Crippen LogP contribution < -0.4 is 10.1 Å². The van der Waals surface area contributed by atoms with Crippen molar-refractivity contribution >= 4 is 22.4 Å². The van der Waals surface area contributed by atoms with Crippen LogP contribution in [0.25, 0.3) is 22.4 Å². The van der Waals surface area contributed by atoms with Gasteiger partial charge in [-0.25, -0.2) is 14.4 Å². The monoisotopic (exact) mass is 484 g/mol. The number of anilines is 2. The first-order chi connectivity index (χ1) is 17.7. The standard InChI is InChI=1S/C27H21FN4O4/c28-18-3-1-2-17(12-18)15-35-20-6-4-19(5-7-20)32-26-21-13-22(29-14-23(21)30-16-31-26)24-8-9-25(36-24)27-33-10-11-34-27/h1-9,12-14,16,27H,10-11,15H2,(H,30,31,32). The molecule has 1 saturated heterocycles. The third-order valence-corrected chi connectivity index (χ3v) is 5.67. The van der Waals surface area contributed by atoms with Crippen molar-refractivity contribution < 1.29 is 23.0 Å². The van der Waals surface area contributed by atoms with Crippen LogP contribution in [-0.2, 0) is 16.1 Å². The van der Waals surface area contributed by atoms with Crippen LogP contribution >= 0.6 is 0 Å². The predicted molar refractivity (Wildman–Crippen MR) is 130 cm³/mol. The fourth-order valence-corrected chi connectivity index (χ4v) is 3.90. The van der Waals surface area contributed by atoms with E-state index < -0.39 is 6.29 Å². The van der Waals surface area contributed by atoms with E-state index in [9.17, 15) is 4.39 Å². The van der Waals surface area contributed by atoms with Crippen LogP contribution in [0, 0.1) is 5.82 Å². The molecule has 3 aromatic heterocycles. The quantitative estimate of drug-likeness (QED) is 0.310. The van der Waals surface area contributed by atoms with Gasteiger partial charge < -0.3 is 23.9 Å². The van der Waals surface area contributed by atoms with Gasteiger partial charge in [-0.15, -0.1) is 0 Å². The molecule has 36 heavy (non-hydrogen) atoms. The molecule has 1 fully saturated rings. The number of halogens is 1. The molecule has 1 aliphatic heterocycles. The number of pyridine rings is 1. The number of nitrogens with one attached hydrogen (secondary N) is 1. The molecule has 0 saturated carbocycles. The van der Waals surface area contributed by atoms with Crippen LogP contribution in [0.1, 0.15) is 17.6 Å². The molecule has 180 valence electrons. The average molecular weight is 484 g/mol. The minimum absolute atomic E-state index is 0.282. The highest BCUT2D eigenvalue weighted by atomic mass is 19.1. The molecule has 0 spiro atoms. The lowest BCUT2D eigenvalue weighted by atomic mass is 10.2. The Labute approximate surface area is 205 Å². The number of ether oxygens (including phenoxy) is 3. The van der Waals surface area contributed by atoms with Gasteiger partial charge in [0.2, 0.25) is 6.29 Å². The van der Waals surface area contributed by atoms with Gasteiger partial charge in [-0.3, -0.25) is 4.98 Å². The summed E-state index contributed by atoms with van der Waals surface area (Å²) in [6.45, 7) is 1.37. The molecule has 5 aromatic rings. The van der Waals surface area contributed by atoms with E-state index in [-0.39, 0.29) is 12.4 Å². The summed E-state index contributed by atoms with van der Waals surface area (Å²) in [5.41, 5.74) is 2.93. The Morgan fingerprint density at radius 2 is 1.81 bits per heavy atom. The van der Waals surface area contributed by atoms with Crippen molar-refractivity contribution in [3.8, 4) is 17.2 Å². The number of hydrogen-bond acceptors (Lipinski definition) is 8. The number of furan rings is 1. The molecule has 9 heteroatoms. The number of benzene rings is 2. The topological polar surface area (TPSA) is 91.5 Å². The van der Waals surface area contributed by atoms with E-state index in [1.807, 2.05) is 48.5 Å². The maximum absolute atomic E-state index is 13.4. The third kappa shape index (κ3) is 4.74. The number of rotatable bonds is 7. The third-order valence-electron chi connectivity index (χ3n) is 5.67. The molecule has 0 bridgehead atoms. The van der Waals surface area contributed by atoms with Gasteiger partial charge in [0.15, 0.2) is 11.5 Å². The molecule has 6 rings (SSSR count). The summed E-state index contributed by atoms with van der Waals surface area (Å²) in [6.07, 6.45) is 2.69. The Morgan fingerprint density at radius 1 is 0.944 bits per heavy atom. The van der Waals surface area contributed by atoms with E-state index in [4.69, 9.17) is 18.6 Å². The molecule has 0 atom stereocenters. The number of nitrogens with zero attached hydrogens (tertiary/aromatic N) is 3. The number of hydrogen-bond donors (Lipinski definition) is 1. The van der Waals surface area contributed by atoms with Gasteiger partial charge in [0.1, 0.15) is 36.0 Å². The lowest BCUT2D eigenvalue weighted by Crippen LogP contribution is -1.98. The summed E-state index contributed by atoms with van der Waals surface area (Å²) >= 11 is 0. The summed E-state index contributed by atoms with van der Waals surface area (Å²) in [4.78, 5) is 13.2. The molecule has 8 nitrogen and oxygen atoms in total. The molecule has 2 aromatic carbocycles. The van der Waals surface area contributed by atoms with Crippen LogP contribution in [0.15, 0.2) is 83.7 Å². The molecule has 0 aliphatic carbocycles. The van der Waals surface area contributed by atoms with Crippen molar-refractivity contribution in [1.29, 1.82) is 0 Å². The van der Waals surface area contributed by atoms with Crippen LogP contribution in [0.2, 0.25) is 0 Å². The Kier molecular flexibility index (Phi) is 5.98. The SMILES string of the molecule is Fc1cccc(COc2ccc(Nc3ncnc4cnc(-c5ccc(C6OCCO6)o5)cc34)cc2)c1. The Balaban J connectivity index is 1.19. The lowest BCUT2D eigenvalue weighted by Gasteiger charge is -2.11. The van der Waals surface area contributed by atoms with Crippen LogP contribution in [0.4, 0.5) is 15.9 Å². The van der Waals surface area contributed by atoms with Gasteiger partial charge in [-0.2, -0.15) is 0 Å². The predicted octanol–water partition coefficient (Wildman–Crippen LogP) is 5.79. The van der Waals surface area contributed by atoms with E-state index in [2.05, 4.69) is 20.3 Å². The Morgan fingerprint density at radius 3 is 2.64 bits per heavy atom. The zero-order valence-electron chi connectivity index (χ0n) is 19.1. The van der Waals surface area contributed by atoms with Gasteiger partial charge in [0.25, 0.3) is 0 Å². The number of fused-ring (bicyclic) bond motifs is 1.